The van der Waals surface area contributed by atoms with Crippen LogP contribution in [0.2, 0.25) is 5.15 Å². The Morgan fingerprint density at radius 3 is 2.80 bits per heavy atom. The van der Waals surface area contributed by atoms with Gasteiger partial charge in [0.2, 0.25) is 0 Å². The fraction of sp³-hybridized carbons (Fsp3) is 0.0714. The molecule has 0 saturated carbocycles. The Morgan fingerprint density at radius 2 is 2.05 bits per heavy atom. The Hall–Kier alpha value is -1.98. The van der Waals surface area contributed by atoms with Gasteiger partial charge in [-0.25, -0.2) is 4.98 Å². The summed E-state index contributed by atoms with van der Waals surface area (Å²) in [5, 5.41) is 4.84. The van der Waals surface area contributed by atoms with Gasteiger partial charge in [0, 0.05) is 22.7 Å². The van der Waals surface area contributed by atoms with Crippen molar-refractivity contribution in [3.8, 4) is 0 Å². The summed E-state index contributed by atoms with van der Waals surface area (Å²) in [5.74, 6) is -0.168. The van der Waals surface area contributed by atoms with Crippen LogP contribution in [-0.4, -0.2) is 15.9 Å². The van der Waals surface area contributed by atoms with Gasteiger partial charge in [0.05, 0.1) is 17.6 Å². The van der Waals surface area contributed by atoms with E-state index in [2.05, 4.69) is 15.3 Å². The van der Waals surface area contributed by atoms with Crippen LogP contribution in [0, 0.1) is 0 Å². The molecular weight excluding hydrogens is 294 g/mol. The maximum atomic E-state index is 12.3. The molecule has 20 heavy (non-hydrogen) atoms. The van der Waals surface area contributed by atoms with Crippen molar-refractivity contribution in [2.45, 2.75) is 6.54 Å². The average Bonchev–Trinajstić information content (AvgIpc) is 2.99. The van der Waals surface area contributed by atoms with Crippen LogP contribution in [0.25, 0.3) is 10.8 Å². The summed E-state index contributed by atoms with van der Waals surface area (Å²) in [6.45, 7) is 0.459. The molecule has 6 heteroatoms. The number of fused-ring (bicyclic) bond motifs is 1. The van der Waals surface area contributed by atoms with Crippen LogP contribution in [-0.2, 0) is 6.54 Å². The molecule has 0 saturated heterocycles. The summed E-state index contributed by atoms with van der Waals surface area (Å²) < 4.78 is 0. The summed E-state index contributed by atoms with van der Waals surface area (Å²) in [5.41, 5.74) is 2.26. The Balaban J connectivity index is 1.90. The number of thiazole rings is 1. The van der Waals surface area contributed by atoms with Crippen LogP contribution < -0.4 is 5.32 Å². The second-order valence-electron chi connectivity index (χ2n) is 4.16. The van der Waals surface area contributed by atoms with Gasteiger partial charge in [-0.05, 0) is 5.39 Å². The largest absolute Gasteiger partial charge is 0.347 e. The van der Waals surface area contributed by atoms with E-state index in [1.807, 2.05) is 24.3 Å². The number of benzene rings is 1. The van der Waals surface area contributed by atoms with E-state index >= 15 is 0 Å². The van der Waals surface area contributed by atoms with E-state index in [1.54, 1.807) is 11.7 Å². The van der Waals surface area contributed by atoms with Gasteiger partial charge in [-0.15, -0.1) is 11.3 Å². The van der Waals surface area contributed by atoms with E-state index in [1.165, 1.54) is 17.5 Å². The van der Waals surface area contributed by atoms with Gasteiger partial charge in [-0.1, -0.05) is 35.9 Å². The molecule has 0 spiro atoms. The number of rotatable bonds is 3. The normalized spacial score (nSPS) is 10.7. The van der Waals surface area contributed by atoms with E-state index in [0.717, 1.165) is 15.6 Å². The molecule has 0 aliphatic heterocycles. The monoisotopic (exact) mass is 303 g/mol. The quantitative estimate of drug-likeness (QED) is 0.756. The fourth-order valence-electron chi connectivity index (χ4n) is 1.93. The minimum Gasteiger partial charge on any atom is -0.347 e. The van der Waals surface area contributed by atoms with Crippen LogP contribution in [0.3, 0.4) is 0 Å². The summed E-state index contributed by atoms with van der Waals surface area (Å²) in [6.07, 6.45) is 3.25. The zero-order valence-corrected chi connectivity index (χ0v) is 11.9. The maximum Gasteiger partial charge on any atom is 0.253 e. The third kappa shape index (κ3) is 2.50. The van der Waals surface area contributed by atoms with E-state index in [0.29, 0.717) is 17.3 Å². The van der Waals surface area contributed by atoms with Gasteiger partial charge >= 0.3 is 0 Å². The zero-order chi connectivity index (χ0) is 13.9. The number of hydrogen-bond donors (Lipinski definition) is 1. The topological polar surface area (TPSA) is 54.9 Å². The second-order valence-corrected chi connectivity index (χ2v) is 5.49. The first kappa shape index (κ1) is 13.0. The lowest BCUT2D eigenvalue weighted by molar-refractivity contribution is 0.0952. The highest BCUT2D eigenvalue weighted by Gasteiger charge is 2.12. The number of hydrogen-bond acceptors (Lipinski definition) is 4. The molecule has 0 radical (unpaired) electrons. The predicted molar refractivity (Wildman–Crippen MR) is 80.0 cm³/mol. The van der Waals surface area contributed by atoms with Gasteiger partial charge in [0.1, 0.15) is 5.15 Å². The number of nitrogens with one attached hydrogen (secondary N) is 1. The Kier molecular flexibility index (Phi) is 3.62. The standard InChI is InChI=1S/C14H10ClN3OS/c15-13-11-4-2-1-3-10(11)12(7-17-13)14(19)18-6-9-5-16-8-20-9/h1-5,7-8H,6H2,(H,18,19). The van der Waals surface area contributed by atoms with Crippen molar-refractivity contribution >= 4 is 39.6 Å². The number of pyridine rings is 1. The molecule has 0 fully saturated rings. The summed E-state index contributed by atoms with van der Waals surface area (Å²) in [4.78, 5) is 21.3. The number of halogens is 1. The van der Waals surface area contributed by atoms with E-state index in [-0.39, 0.29) is 5.91 Å². The van der Waals surface area contributed by atoms with Crippen LogP contribution in [0.1, 0.15) is 15.2 Å². The van der Waals surface area contributed by atoms with Crippen molar-refractivity contribution in [2.24, 2.45) is 0 Å². The average molecular weight is 304 g/mol. The van der Waals surface area contributed by atoms with Gasteiger partial charge in [-0.3, -0.25) is 9.78 Å². The Labute approximate surface area is 124 Å². The molecule has 1 aromatic carbocycles. The number of carbonyl (C=O) groups is 1. The fourth-order valence-corrected chi connectivity index (χ4v) is 2.68. The van der Waals surface area contributed by atoms with Crippen molar-refractivity contribution in [2.75, 3.05) is 0 Å². The first-order valence-electron chi connectivity index (χ1n) is 5.94. The lowest BCUT2D eigenvalue weighted by atomic mass is 10.1. The van der Waals surface area contributed by atoms with Gasteiger partial charge < -0.3 is 5.32 Å². The predicted octanol–water partition coefficient (Wildman–Crippen LogP) is 3.27. The lowest BCUT2D eigenvalue weighted by Gasteiger charge is -2.07. The number of aromatic nitrogens is 2. The number of nitrogens with zero attached hydrogens (tertiary/aromatic N) is 2. The first-order chi connectivity index (χ1) is 9.75. The van der Waals surface area contributed by atoms with Gasteiger partial charge in [-0.2, -0.15) is 0 Å². The van der Waals surface area contributed by atoms with E-state index in [9.17, 15) is 4.79 Å². The van der Waals surface area contributed by atoms with Crippen LogP contribution in [0.15, 0.2) is 42.2 Å². The molecule has 4 nitrogen and oxygen atoms in total. The molecule has 0 aliphatic carbocycles. The molecule has 0 atom stereocenters. The second kappa shape index (κ2) is 5.56. The number of carbonyl (C=O) groups excluding carboxylic acids is 1. The minimum atomic E-state index is -0.168. The molecule has 2 aromatic heterocycles. The van der Waals surface area contributed by atoms with Crippen molar-refractivity contribution < 1.29 is 4.79 Å². The van der Waals surface area contributed by atoms with Gasteiger partial charge in [0.25, 0.3) is 5.91 Å². The van der Waals surface area contributed by atoms with E-state index in [4.69, 9.17) is 11.6 Å². The Bertz CT molecular complexity index is 758. The molecule has 2 heterocycles. The smallest absolute Gasteiger partial charge is 0.253 e. The first-order valence-corrected chi connectivity index (χ1v) is 7.20. The summed E-state index contributed by atoms with van der Waals surface area (Å²) in [6, 6.07) is 7.46. The van der Waals surface area contributed by atoms with Crippen molar-refractivity contribution in [1.82, 2.24) is 15.3 Å². The summed E-state index contributed by atoms with van der Waals surface area (Å²) in [7, 11) is 0. The molecule has 1 amide bonds. The van der Waals surface area contributed by atoms with Gasteiger partial charge in [0.15, 0.2) is 0 Å². The van der Waals surface area contributed by atoms with Crippen molar-refractivity contribution in [3.63, 3.8) is 0 Å². The molecule has 100 valence electrons. The third-order valence-electron chi connectivity index (χ3n) is 2.90. The van der Waals surface area contributed by atoms with E-state index < -0.39 is 0 Å². The molecule has 0 bridgehead atoms. The van der Waals surface area contributed by atoms with Crippen LogP contribution in [0.4, 0.5) is 0 Å². The molecule has 0 aliphatic rings. The highest BCUT2D eigenvalue weighted by atomic mass is 35.5. The van der Waals surface area contributed by atoms with Crippen LogP contribution in [0.5, 0.6) is 0 Å². The molecule has 0 unspecified atom stereocenters. The molecule has 3 aromatic rings. The van der Waals surface area contributed by atoms with Crippen molar-refractivity contribution in [1.29, 1.82) is 0 Å². The highest BCUT2D eigenvalue weighted by Crippen LogP contribution is 2.24. The third-order valence-corrected chi connectivity index (χ3v) is 3.98. The molecule has 1 N–H and O–H groups in total. The number of amides is 1. The summed E-state index contributed by atoms with van der Waals surface area (Å²) >= 11 is 7.55. The molecule has 3 rings (SSSR count). The molecular formula is C14H10ClN3OS. The van der Waals surface area contributed by atoms with Crippen molar-refractivity contribution in [3.05, 3.63) is 57.8 Å². The van der Waals surface area contributed by atoms with Crippen LogP contribution >= 0.6 is 22.9 Å². The minimum absolute atomic E-state index is 0.168. The lowest BCUT2D eigenvalue weighted by Crippen LogP contribution is -2.22. The highest BCUT2D eigenvalue weighted by molar-refractivity contribution is 7.09. The maximum absolute atomic E-state index is 12.3. The zero-order valence-electron chi connectivity index (χ0n) is 10.3. The SMILES string of the molecule is O=C(NCc1cncs1)c1cnc(Cl)c2ccccc12. The Morgan fingerprint density at radius 1 is 1.25 bits per heavy atom.